The normalized spacial score (nSPS) is 15.1. The summed E-state index contributed by atoms with van der Waals surface area (Å²) < 4.78 is 2.21. The zero-order chi connectivity index (χ0) is 13.5. The Morgan fingerprint density at radius 2 is 2.25 bits per heavy atom. The molecule has 3 nitrogen and oxygen atoms in total. The Labute approximate surface area is 134 Å². The molecule has 6 heteroatoms. The molecule has 0 saturated heterocycles. The number of anilines is 1. The molecule has 1 aliphatic rings. The lowest BCUT2D eigenvalue weighted by Gasteiger charge is -2.22. The van der Waals surface area contributed by atoms with Crippen molar-refractivity contribution in [2.75, 3.05) is 4.90 Å². The highest BCUT2D eigenvalue weighted by Crippen LogP contribution is 2.36. The van der Waals surface area contributed by atoms with Crippen molar-refractivity contribution in [2.45, 2.75) is 30.8 Å². The van der Waals surface area contributed by atoms with Gasteiger partial charge in [-0.3, -0.25) is 4.40 Å². The molecule has 104 valence electrons. The Balaban J connectivity index is 1.75. The lowest BCUT2D eigenvalue weighted by Crippen LogP contribution is -2.26. The van der Waals surface area contributed by atoms with Gasteiger partial charge < -0.3 is 4.90 Å². The van der Waals surface area contributed by atoms with E-state index in [2.05, 4.69) is 54.3 Å². The van der Waals surface area contributed by atoms with Gasteiger partial charge in [-0.15, -0.1) is 22.7 Å². The average Bonchev–Trinajstić information content (AvgIpc) is 2.88. The van der Waals surface area contributed by atoms with E-state index >= 15 is 0 Å². The highest BCUT2D eigenvalue weighted by Gasteiger charge is 2.32. The van der Waals surface area contributed by atoms with Gasteiger partial charge in [-0.1, -0.05) is 22.0 Å². The number of rotatable bonds is 5. The first-order valence-electron chi connectivity index (χ1n) is 6.66. The summed E-state index contributed by atoms with van der Waals surface area (Å²) in [4.78, 5) is 9.86. The van der Waals surface area contributed by atoms with Crippen molar-refractivity contribution in [3.8, 4) is 0 Å². The number of fused-ring (bicyclic) bond motifs is 1. The second-order valence-corrected chi connectivity index (χ2v) is 7.48. The third-order valence-corrected chi connectivity index (χ3v) is 5.78. The molecule has 0 spiro atoms. The Kier molecular flexibility index (Phi) is 3.32. The first-order chi connectivity index (χ1) is 9.86. The predicted octanol–water partition coefficient (Wildman–Crippen LogP) is 4.52. The SMILES string of the molecule is BrCc1c(N(Cc2cccs2)C2CC2)nc2sccn12. The van der Waals surface area contributed by atoms with Crippen LogP contribution in [0.25, 0.3) is 4.96 Å². The molecule has 1 fully saturated rings. The maximum absolute atomic E-state index is 4.87. The minimum absolute atomic E-state index is 0.666. The molecule has 0 amide bonds. The summed E-state index contributed by atoms with van der Waals surface area (Å²) in [5, 5.41) is 5.09. The van der Waals surface area contributed by atoms with Gasteiger partial charge in [0.05, 0.1) is 12.2 Å². The van der Waals surface area contributed by atoms with Crippen LogP contribution in [-0.4, -0.2) is 15.4 Å². The van der Waals surface area contributed by atoms with E-state index in [1.807, 2.05) is 11.3 Å². The van der Waals surface area contributed by atoms with E-state index in [-0.39, 0.29) is 0 Å². The second kappa shape index (κ2) is 5.16. The fourth-order valence-electron chi connectivity index (χ4n) is 2.51. The van der Waals surface area contributed by atoms with Crippen LogP contribution < -0.4 is 4.90 Å². The van der Waals surface area contributed by atoms with Crippen molar-refractivity contribution in [1.82, 2.24) is 9.38 Å². The topological polar surface area (TPSA) is 20.5 Å². The molecule has 4 rings (SSSR count). The van der Waals surface area contributed by atoms with Crippen LogP contribution in [-0.2, 0) is 11.9 Å². The third-order valence-electron chi connectivity index (χ3n) is 3.63. The van der Waals surface area contributed by atoms with Crippen LogP contribution in [0.3, 0.4) is 0 Å². The van der Waals surface area contributed by atoms with Gasteiger partial charge in [0.1, 0.15) is 0 Å². The third kappa shape index (κ3) is 2.19. The van der Waals surface area contributed by atoms with Crippen LogP contribution in [0.4, 0.5) is 5.82 Å². The molecule has 0 aromatic carbocycles. The Morgan fingerprint density at radius 1 is 1.35 bits per heavy atom. The van der Waals surface area contributed by atoms with Gasteiger partial charge >= 0.3 is 0 Å². The van der Waals surface area contributed by atoms with Crippen LogP contribution in [0.1, 0.15) is 23.4 Å². The van der Waals surface area contributed by atoms with Gasteiger partial charge in [0.25, 0.3) is 0 Å². The number of imidazole rings is 1. The quantitative estimate of drug-likeness (QED) is 0.617. The van der Waals surface area contributed by atoms with Gasteiger partial charge in [0.15, 0.2) is 10.8 Å². The van der Waals surface area contributed by atoms with E-state index in [1.165, 1.54) is 23.4 Å². The molecule has 3 aromatic heterocycles. The van der Waals surface area contributed by atoms with Crippen molar-refractivity contribution >= 4 is 49.4 Å². The fourth-order valence-corrected chi connectivity index (χ4v) is 4.46. The van der Waals surface area contributed by atoms with Crippen LogP contribution >= 0.6 is 38.6 Å². The minimum Gasteiger partial charge on any atom is -0.347 e. The first kappa shape index (κ1) is 12.9. The van der Waals surface area contributed by atoms with E-state index in [1.54, 1.807) is 11.3 Å². The lowest BCUT2D eigenvalue weighted by atomic mass is 10.3. The minimum atomic E-state index is 0.666. The maximum Gasteiger partial charge on any atom is 0.195 e. The number of halogens is 1. The maximum atomic E-state index is 4.87. The van der Waals surface area contributed by atoms with Crippen molar-refractivity contribution in [1.29, 1.82) is 0 Å². The molecule has 0 N–H and O–H groups in total. The number of nitrogens with zero attached hydrogens (tertiary/aromatic N) is 3. The van der Waals surface area contributed by atoms with E-state index in [9.17, 15) is 0 Å². The summed E-state index contributed by atoms with van der Waals surface area (Å²) in [6.07, 6.45) is 4.69. The molecule has 0 aliphatic heterocycles. The van der Waals surface area contributed by atoms with Crippen molar-refractivity contribution < 1.29 is 0 Å². The van der Waals surface area contributed by atoms with Gasteiger partial charge in [0, 0.05) is 27.8 Å². The highest BCUT2D eigenvalue weighted by atomic mass is 79.9. The standard InChI is InChI=1S/C14H14BrN3S2/c15-8-12-13(16-14-17(12)5-7-20-14)18(10-3-4-10)9-11-2-1-6-19-11/h1-2,5-7,10H,3-4,8-9H2. The van der Waals surface area contributed by atoms with Crippen LogP contribution in [0, 0.1) is 0 Å². The summed E-state index contributed by atoms with van der Waals surface area (Å²) in [6, 6.07) is 5.01. The van der Waals surface area contributed by atoms with Crippen molar-refractivity contribution in [3.05, 3.63) is 39.7 Å². The highest BCUT2D eigenvalue weighted by molar-refractivity contribution is 9.08. The second-order valence-electron chi connectivity index (χ2n) is 5.01. The molecule has 1 saturated carbocycles. The van der Waals surface area contributed by atoms with Crippen molar-refractivity contribution in [3.63, 3.8) is 0 Å². The lowest BCUT2D eigenvalue weighted by molar-refractivity contribution is 0.785. The van der Waals surface area contributed by atoms with Gasteiger partial charge in [-0.2, -0.15) is 0 Å². The molecule has 1 aliphatic carbocycles. The van der Waals surface area contributed by atoms with E-state index in [0.717, 1.165) is 22.7 Å². The van der Waals surface area contributed by atoms with Gasteiger partial charge in [-0.05, 0) is 24.3 Å². The van der Waals surface area contributed by atoms with Crippen LogP contribution in [0.15, 0.2) is 29.1 Å². The van der Waals surface area contributed by atoms with Gasteiger partial charge in [0.2, 0.25) is 0 Å². The summed E-state index contributed by atoms with van der Waals surface area (Å²) in [6.45, 7) is 0.979. The molecule has 0 bridgehead atoms. The number of alkyl halides is 1. The zero-order valence-corrected chi connectivity index (χ0v) is 14.0. The molecule has 0 radical (unpaired) electrons. The molecule has 0 atom stereocenters. The number of aromatic nitrogens is 2. The zero-order valence-electron chi connectivity index (χ0n) is 10.8. The average molecular weight is 368 g/mol. The number of thiophene rings is 1. The Bertz CT molecular complexity index is 712. The number of hydrogen-bond acceptors (Lipinski definition) is 4. The first-order valence-corrected chi connectivity index (χ1v) is 9.54. The molecular weight excluding hydrogens is 354 g/mol. The summed E-state index contributed by atoms with van der Waals surface area (Å²) in [5.41, 5.74) is 1.27. The molecule has 3 aromatic rings. The molecular formula is C14H14BrN3S2. The molecule has 20 heavy (non-hydrogen) atoms. The summed E-state index contributed by atoms with van der Waals surface area (Å²) in [7, 11) is 0. The smallest absolute Gasteiger partial charge is 0.195 e. The molecule has 3 heterocycles. The number of hydrogen-bond donors (Lipinski definition) is 0. The van der Waals surface area contributed by atoms with E-state index in [0.29, 0.717) is 6.04 Å². The van der Waals surface area contributed by atoms with Gasteiger partial charge in [-0.25, -0.2) is 4.98 Å². The van der Waals surface area contributed by atoms with E-state index in [4.69, 9.17) is 4.98 Å². The van der Waals surface area contributed by atoms with Crippen molar-refractivity contribution in [2.24, 2.45) is 0 Å². The Hall–Kier alpha value is -0.850. The monoisotopic (exact) mass is 367 g/mol. The van der Waals surface area contributed by atoms with Crippen LogP contribution in [0.5, 0.6) is 0 Å². The predicted molar refractivity (Wildman–Crippen MR) is 89.2 cm³/mol. The summed E-state index contributed by atoms with van der Waals surface area (Å²) >= 11 is 7.16. The summed E-state index contributed by atoms with van der Waals surface area (Å²) in [5.74, 6) is 1.16. The van der Waals surface area contributed by atoms with E-state index < -0.39 is 0 Å². The fraction of sp³-hybridized carbons (Fsp3) is 0.357. The Morgan fingerprint density at radius 3 is 2.95 bits per heavy atom. The molecule has 0 unspecified atom stereocenters. The number of thiazole rings is 1. The van der Waals surface area contributed by atoms with Crippen LogP contribution in [0.2, 0.25) is 0 Å². The largest absolute Gasteiger partial charge is 0.347 e.